The van der Waals surface area contributed by atoms with Crippen LogP contribution in [-0.2, 0) is 23.9 Å². The summed E-state index contributed by atoms with van der Waals surface area (Å²) in [5.41, 5.74) is 5.57. The number of furan rings is 2. The number of carbonyl (C=O) groups is 3. The first kappa shape index (κ1) is 57.3. The fourth-order valence-corrected chi connectivity index (χ4v) is 12.0. The third-order valence-corrected chi connectivity index (χ3v) is 16.5. The molecule has 0 amide bonds. The van der Waals surface area contributed by atoms with Gasteiger partial charge in [-0.05, 0) is 154 Å². The zero-order valence-corrected chi connectivity index (χ0v) is 47.4. The van der Waals surface area contributed by atoms with E-state index in [0.29, 0.717) is 40.6 Å². The smallest absolute Gasteiger partial charge is 0.479 e. The van der Waals surface area contributed by atoms with E-state index in [2.05, 4.69) is 4.74 Å². The zero-order valence-electron chi connectivity index (χ0n) is 45.0. The Balaban J connectivity index is 0.874. The summed E-state index contributed by atoms with van der Waals surface area (Å²) in [7, 11) is 0. The lowest BCUT2D eigenvalue weighted by molar-refractivity contribution is -0.274. The molecule has 0 N–H and O–H groups in total. The number of alkyl halides is 3. The molecule has 420 valence electrons. The summed E-state index contributed by atoms with van der Waals surface area (Å²) in [6.45, 7) is 7.82. The molecule has 0 aliphatic rings. The van der Waals surface area contributed by atoms with Gasteiger partial charge in [0.15, 0.2) is 11.5 Å². The number of fused-ring (bicyclic) bond motifs is 6. The molecule has 0 saturated heterocycles. The summed E-state index contributed by atoms with van der Waals surface area (Å²) >= 11 is 4.16. The van der Waals surface area contributed by atoms with Gasteiger partial charge in [-0.2, -0.15) is 0 Å². The Hall–Kier alpha value is -7.99. The third-order valence-electron chi connectivity index (χ3n) is 13.1. The maximum Gasteiger partial charge on any atom is 0.573 e. The van der Waals surface area contributed by atoms with Gasteiger partial charge < -0.3 is 37.3 Å². The van der Waals surface area contributed by atoms with Crippen LogP contribution in [0.5, 0.6) is 28.7 Å². The van der Waals surface area contributed by atoms with E-state index >= 15 is 0 Å². The summed E-state index contributed by atoms with van der Waals surface area (Å²) in [5.74, 6) is -0.560. The van der Waals surface area contributed by atoms with Gasteiger partial charge in [0.05, 0.1) is 4.90 Å². The Morgan fingerprint density at radius 2 is 1.11 bits per heavy atom. The first-order valence-corrected chi connectivity index (χ1v) is 29.2. The van der Waals surface area contributed by atoms with Gasteiger partial charge in [-0.3, -0.25) is 4.79 Å². The van der Waals surface area contributed by atoms with Crippen molar-refractivity contribution in [3.05, 3.63) is 192 Å². The lowest BCUT2D eigenvalue weighted by Gasteiger charge is -2.26. The van der Waals surface area contributed by atoms with E-state index in [-0.39, 0.29) is 30.8 Å². The highest BCUT2D eigenvalue weighted by molar-refractivity contribution is 8.00. The molecule has 0 aliphatic heterocycles. The van der Waals surface area contributed by atoms with Gasteiger partial charge in [-0.1, -0.05) is 89.6 Å². The molecule has 17 heteroatoms. The van der Waals surface area contributed by atoms with Crippen molar-refractivity contribution in [2.75, 3.05) is 11.5 Å². The minimum absolute atomic E-state index is 0.0874. The second kappa shape index (κ2) is 25.9. The van der Waals surface area contributed by atoms with Crippen molar-refractivity contribution in [1.82, 2.24) is 0 Å². The van der Waals surface area contributed by atoms with E-state index in [4.69, 9.17) is 32.5 Å². The topological polar surface area (TPSA) is 133 Å². The molecular weight excluding hydrogens is 1110 g/mol. The predicted molar refractivity (Wildman–Crippen MR) is 314 cm³/mol. The molecular formula is C65H55F3O11S3. The number of esters is 3. The fraction of sp³-hybridized carbons (Fsp3) is 0.215. The number of benzene rings is 8. The van der Waals surface area contributed by atoms with Crippen LogP contribution in [0.4, 0.5) is 13.2 Å². The van der Waals surface area contributed by atoms with Gasteiger partial charge in [0.1, 0.15) is 51.1 Å². The molecule has 0 spiro atoms. The Morgan fingerprint density at radius 1 is 0.537 bits per heavy atom. The van der Waals surface area contributed by atoms with Crippen LogP contribution in [0.3, 0.4) is 0 Å². The summed E-state index contributed by atoms with van der Waals surface area (Å²) in [6, 6.07) is 50.4. The van der Waals surface area contributed by atoms with Crippen molar-refractivity contribution in [3.63, 3.8) is 0 Å². The minimum atomic E-state index is -4.91. The van der Waals surface area contributed by atoms with E-state index < -0.39 is 47.7 Å². The minimum Gasteiger partial charge on any atom is -0.479 e. The molecule has 2 heterocycles. The molecule has 3 atom stereocenters. The van der Waals surface area contributed by atoms with Gasteiger partial charge >= 0.3 is 24.3 Å². The van der Waals surface area contributed by atoms with Gasteiger partial charge in [0.2, 0.25) is 6.10 Å². The molecule has 0 fully saturated rings. The quantitative estimate of drug-likeness (QED) is 0.0198. The highest BCUT2D eigenvalue weighted by Gasteiger charge is 2.35. The van der Waals surface area contributed by atoms with Crippen LogP contribution < -0.4 is 18.9 Å². The first-order chi connectivity index (χ1) is 39.5. The third kappa shape index (κ3) is 14.9. The Kier molecular flexibility index (Phi) is 18.1. The second-order valence-electron chi connectivity index (χ2n) is 19.5. The monoisotopic (exact) mass is 1160 g/mol. The number of hydrogen-bond donors (Lipinski definition) is 0. The molecule has 0 radical (unpaired) electrons. The molecule has 0 aliphatic carbocycles. The van der Waals surface area contributed by atoms with Crippen molar-refractivity contribution in [3.8, 4) is 28.7 Å². The SMILES string of the molecule is Cc1ccc(SCCC(Oc2ccc(OC(F)(F)F)cc2)C(=O)OC(CC(Oc2ccc3oc4ccccc4c3c2)C(=O)OC(=O)CCCSc2ccc(C)cc2Oc2ccc3oc4ccccc4c3c2)Sc2ccc(C)cc2C)cc1. The lowest BCUT2D eigenvalue weighted by Crippen LogP contribution is -2.37. The average molecular weight is 1170 g/mol. The van der Waals surface area contributed by atoms with E-state index in [1.165, 1.54) is 47.4 Å². The van der Waals surface area contributed by atoms with E-state index in [1.54, 1.807) is 18.2 Å². The number of hydrogen-bond acceptors (Lipinski definition) is 14. The summed E-state index contributed by atoms with van der Waals surface area (Å²) in [6.07, 6.45) is -7.64. The lowest BCUT2D eigenvalue weighted by atomic mass is 10.1. The van der Waals surface area contributed by atoms with Crippen molar-refractivity contribution in [1.29, 1.82) is 0 Å². The molecule has 0 bridgehead atoms. The average Bonchev–Trinajstić information content (AvgIpc) is 4.26. The summed E-state index contributed by atoms with van der Waals surface area (Å²) in [4.78, 5) is 45.4. The van der Waals surface area contributed by atoms with Gasteiger partial charge in [-0.15, -0.1) is 36.7 Å². The molecule has 11 nitrogen and oxygen atoms in total. The highest BCUT2D eigenvalue weighted by atomic mass is 32.2. The standard InChI is InChI=1S/C65H55F3O11S3/c1-39-15-25-47(26-16-39)80-33-31-56(72-43-19-21-44(22-20-43)79-65(66,67)68)63(70)78-62(82-59-29-17-40(2)34-42(59)4)38-58(74-46-24-28-55-51(37-46)49-11-6-8-13-53(49)76-55)64(71)77-61(69)14-9-32-81-60-30-18-41(3)35-57(60)73-45-23-27-54-50(36-45)48-10-5-7-12-52(48)75-54/h5-8,10-13,15-30,34-37,56,58,62H,9,14,31-33,38H2,1-4H3. The van der Waals surface area contributed by atoms with Gasteiger partial charge in [-0.25, -0.2) is 9.59 Å². The Labute approximate surface area is 483 Å². The van der Waals surface area contributed by atoms with Crippen LogP contribution >= 0.6 is 35.3 Å². The fourth-order valence-electron chi connectivity index (χ4n) is 9.07. The number of ether oxygens (including phenoxy) is 6. The Morgan fingerprint density at radius 3 is 1.78 bits per heavy atom. The van der Waals surface area contributed by atoms with Crippen LogP contribution in [0.2, 0.25) is 0 Å². The Bertz CT molecular complexity index is 3890. The highest BCUT2D eigenvalue weighted by Crippen LogP contribution is 2.39. The van der Waals surface area contributed by atoms with E-state index in [0.717, 1.165) is 81.8 Å². The second-order valence-corrected chi connectivity index (χ2v) is 23.0. The molecule has 3 unspecified atom stereocenters. The normalized spacial score (nSPS) is 12.8. The van der Waals surface area contributed by atoms with Gasteiger partial charge in [0, 0.05) is 56.4 Å². The number of thioether (sulfide) groups is 3. The number of rotatable bonds is 23. The summed E-state index contributed by atoms with van der Waals surface area (Å²) in [5, 5.41) is 3.46. The zero-order chi connectivity index (χ0) is 57.3. The first-order valence-electron chi connectivity index (χ1n) is 26.4. The van der Waals surface area contributed by atoms with Crippen molar-refractivity contribution >= 4 is 97.1 Å². The van der Waals surface area contributed by atoms with Crippen LogP contribution in [0.1, 0.15) is 47.9 Å². The molecule has 2 aromatic heterocycles. The maximum atomic E-state index is 14.6. The van der Waals surface area contributed by atoms with Crippen molar-refractivity contribution in [2.45, 2.75) is 92.1 Å². The molecule has 10 aromatic rings. The number of aryl methyl sites for hydroxylation is 4. The summed E-state index contributed by atoms with van der Waals surface area (Å²) < 4.78 is 86.4. The van der Waals surface area contributed by atoms with Crippen molar-refractivity contribution < 1.29 is 64.8 Å². The maximum absolute atomic E-state index is 14.6. The van der Waals surface area contributed by atoms with Crippen LogP contribution in [0, 0.1) is 27.7 Å². The van der Waals surface area contributed by atoms with Gasteiger partial charge in [0.25, 0.3) is 0 Å². The molecule has 10 rings (SSSR count). The predicted octanol–water partition coefficient (Wildman–Crippen LogP) is 17.5. The molecule has 8 aromatic carbocycles. The number of para-hydroxylation sites is 2. The molecule has 82 heavy (non-hydrogen) atoms. The number of carbonyl (C=O) groups excluding carboxylic acids is 3. The largest absolute Gasteiger partial charge is 0.573 e. The van der Waals surface area contributed by atoms with E-state index in [1.807, 2.05) is 155 Å². The van der Waals surface area contributed by atoms with Crippen LogP contribution in [0.15, 0.2) is 193 Å². The van der Waals surface area contributed by atoms with Crippen LogP contribution in [-0.4, -0.2) is 53.4 Å². The van der Waals surface area contributed by atoms with Crippen molar-refractivity contribution in [2.24, 2.45) is 0 Å². The molecule has 0 saturated carbocycles. The number of halogens is 3. The van der Waals surface area contributed by atoms with E-state index in [9.17, 15) is 27.6 Å². The van der Waals surface area contributed by atoms with Crippen LogP contribution in [0.25, 0.3) is 43.9 Å².